The Kier molecular flexibility index (Phi) is 13.5. The molecule has 2 aliphatic rings. The lowest BCUT2D eigenvalue weighted by Crippen LogP contribution is -2.45. The number of hydrogen-bond acceptors (Lipinski definition) is 13. The normalized spacial score (nSPS) is 16.2. The molecule has 63 heavy (non-hydrogen) atoms. The number of aromatic nitrogens is 4. The van der Waals surface area contributed by atoms with Crippen LogP contribution in [0, 0.1) is 6.92 Å². The van der Waals surface area contributed by atoms with Gasteiger partial charge in [-0.1, -0.05) is 48.0 Å². The van der Waals surface area contributed by atoms with E-state index in [9.17, 15) is 18.7 Å². The molecule has 2 saturated heterocycles. The van der Waals surface area contributed by atoms with Crippen LogP contribution in [0.3, 0.4) is 0 Å². The standard InChI is InChI=1S/C46H48ClF2N7O6S/c1-29-34(12-13-36(41(29)47)60-23-22-55-20-18-54(2)19-21-55)39-40-38(26-51-42(39)31-9-6-10-33(24-31)59-3)63-53-43(40)62-37(44(57)58)25-30-8-4-5-11-35(30)61-27-32-14-16-50-45(52-32)56-17-7-15-46(48,49)28-56/h4-6,8-14,16,24,26,37H,7,15,17-23,25,27-28H2,1-3H3,(H,57,58). The van der Waals surface area contributed by atoms with Gasteiger partial charge < -0.3 is 33.9 Å². The topological polar surface area (TPSA) is 136 Å². The number of carboxylic acids is 1. The number of halogens is 3. The van der Waals surface area contributed by atoms with Gasteiger partial charge >= 0.3 is 5.97 Å². The van der Waals surface area contributed by atoms with Crippen LogP contribution in [0.1, 0.15) is 29.7 Å². The Morgan fingerprint density at radius 3 is 2.62 bits per heavy atom. The van der Waals surface area contributed by atoms with Gasteiger partial charge in [0.25, 0.3) is 5.92 Å². The van der Waals surface area contributed by atoms with E-state index in [0.717, 1.165) is 60.9 Å². The second kappa shape index (κ2) is 19.4. The second-order valence-electron chi connectivity index (χ2n) is 15.8. The quantitative estimate of drug-likeness (QED) is 0.0999. The van der Waals surface area contributed by atoms with E-state index in [2.05, 4.69) is 31.2 Å². The van der Waals surface area contributed by atoms with E-state index in [0.29, 0.717) is 74.4 Å². The number of alkyl halides is 2. The van der Waals surface area contributed by atoms with Crippen LogP contribution in [-0.4, -0.2) is 119 Å². The number of para-hydroxylation sites is 1. The van der Waals surface area contributed by atoms with Gasteiger partial charge in [0.05, 0.1) is 40.2 Å². The summed E-state index contributed by atoms with van der Waals surface area (Å²) in [5.41, 5.74) is 4.57. The monoisotopic (exact) mass is 899 g/mol. The van der Waals surface area contributed by atoms with Crippen LogP contribution in [-0.2, 0) is 17.8 Å². The molecule has 6 aromatic rings. The number of benzene rings is 3. The smallest absolute Gasteiger partial charge is 0.345 e. The predicted octanol–water partition coefficient (Wildman–Crippen LogP) is 8.30. The molecule has 3 aromatic heterocycles. The van der Waals surface area contributed by atoms with Crippen LogP contribution < -0.4 is 23.8 Å². The maximum absolute atomic E-state index is 14.2. The number of anilines is 1. The van der Waals surface area contributed by atoms with Crippen molar-refractivity contribution in [3.8, 4) is 45.5 Å². The zero-order valence-corrected chi connectivity index (χ0v) is 36.8. The first-order valence-corrected chi connectivity index (χ1v) is 21.9. The predicted molar refractivity (Wildman–Crippen MR) is 239 cm³/mol. The third-order valence-electron chi connectivity index (χ3n) is 11.4. The van der Waals surface area contributed by atoms with Crippen molar-refractivity contribution in [1.82, 2.24) is 29.1 Å². The Morgan fingerprint density at radius 1 is 1.00 bits per heavy atom. The average Bonchev–Trinajstić information content (AvgIpc) is 3.70. The fourth-order valence-corrected chi connectivity index (χ4v) is 8.79. The minimum atomic E-state index is -2.81. The van der Waals surface area contributed by atoms with Gasteiger partial charge in [-0.3, -0.25) is 9.88 Å². The number of fused-ring (bicyclic) bond motifs is 1. The van der Waals surface area contributed by atoms with Crippen LogP contribution in [0.2, 0.25) is 5.02 Å². The number of piperazine rings is 1. The Morgan fingerprint density at radius 2 is 1.83 bits per heavy atom. The summed E-state index contributed by atoms with van der Waals surface area (Å²) < 4.78 is 58.1. The van der Waals surface area contributed by atoms with Gasteiger partial charge in [-0.2, -0.15) is 4.37 Å². The molecule has 2 fully saturated rings. The molecule has 0 radical (unpaired) electrons. The summed E-state index contributed by atoms with van der Waals surface area (Å²) in [5, 5.41) is 11.7. The lowest BCUT2D eigenvalue weighted by Gasteiger charge is -2.32. The first kappa shape index (κ1) is 43.9. The number of likely N-dealkylation sites (N-methyl/N-ethyl adjacent to an activating group) is 1. The minimum absolute atomic E-state index is 0.00249. The van der Waals surface area contributed by atoms with Crippen LogP contribution in [0.25, 0.3) is 32.5 Å². The van der Waals surface area contributed by atoms with Crippen molar-refractivity contribution in [3.05, 3.63) is 101 Å². The van der Waals surface area contributed by atoms with Crippen molar-refractivity contribution in [3.63, 3.8) is 0 Å². The first-order valence-electron chi connectivity index (χ1n) is 20.8. The number of hydrogen-bond donors (Lipinski definition) is 1. The van der Waals surface area contributed by atoms with Crippen LogP contribution in [0.15, 0.2) is 79.1 Å². The molecule has 5 heterocycles. The highest BCUT2D eigenvalue weighted by Gasteiger charge is 2.36. The Hall–Kier alpha value is -5.68. The Bertz CT molecular complexity index is 2580. The highest BCUT2D eigenvalue weighted by atomic mass is 35.5. The molecule has 0 saturated carbocycles. The molecule has 1 atom stereocenters. The zero-order chi connectivity index (χ0) is 44.1. The third-order valence-corrected chi connectivity index (χ3v) is 12.6. The Balaban J connectivity index is 1.08. The molecule has 1 N–H and O–H groups in total. The Labute approximate surface area is 373 Å². The average molecular weight is 900 g/mol. The lowest BCUT2D eigenvalue weighted by molar-refractivity contribution is -0.145. The maximum Gasteiger partial charge on any atom is 0.345 e. The van der Waals surface area contributed by atoms with E-state index < -0.39 is 24.5 Å². The largest absolute Gasteiger partial charge is 0.497 e. The van der Waals surface area contributed by atoms with Crippen LogP contribution >= 0.6 is 23.1 Å². The summed E-state index contributed by atoms with van der Waals surface area (Å²) in [6.45, 7) is 7.17. The highest BCUT2D eigenvalue weighted by molar-refractivity contribution is 7.13. The maximum atomic E-state index is 14.2. The lowest BCUT2D eigenvalue weighted by atomic mass is 9.93. The molecule has 0 amide bonds. The summed E-state index contributed by atoms with van der Waals surface area (Å²) in [4.78, 5) is 32.8. The van der Waals surface area contributed by atoms with Crippen molar-refractivity contribution < 1.29 is 37.6 Å². The molecule has 2 aliphatic heterocycles. The fraction of sp³-hybridized carbons (Fsp3) is 0.370. The molecule has 0 spiro atoms. The molecular weight excluding hydrogens is 852 g/mol. The number of rotatable bonds is 16. The summed E-state index contributed by atoms with van der Waals surface area (Å²) in [5.74, 6) is -2.06. The number of nitrogens with zero attached hydrogens (tertiary/aromatic N) is 7. The van der Waals surface area contributed by atoms with Gasteiger partial charge in [0.2, 0.25) is 17.9 Å². The van der Waals surface area contributed by atoms with Gasteiger partial charge in [0.15, 0.2) is 0 Å². The number of ether oxygens (including phenoxy) is 4. The van der Waals surface area contributed by atoms with Crippen LogP contribution in [0.5, 0.6) is 23.1 Å². The van der Waals surface area contributed by atoms with Gasteiger partial charge in [-0.15, -0.1) is 0 Å². The molecule has 17 heteroatoms. The summed E-state index contributed by atoms with van der Waals surface area (Å²) in [6, 6.07) is 20.1. The van der Waals surface area contributed by atoms with E-state index in [1.807, 2.05) is 43.3 Å². The van der Waals surface area contributed by atoms with E-state index in [-0.39, 0.29) is 31.3 Å². The van der Waals surface area contributed by atoms with Crippen molar-refractivity contribution in [1.29, 1.82) is 0 Å². The molecular formula is C46H48ClF2N7O6S. The summed E-state index contributed by atoms with van der Waals surface area (Å²) >= 11 is 8.24. The van der Waals surface area contributed by atoms with Gasteiger partial charge in [0.1, 0.15) is 30.5 Å². The molecule has 0 aliphatic carbocycles. The molecule has 3 aromatic carbocycles. The van der Waals surface area contributed by atoms with Gasteiger partial charge in [-0.05, 0) is 78.9 Å². The third kappa shape index (κ3) is 10.3. The molecule has 330 valence electrons. The SMILES string of the molecule is COc1cccc(-c2ncc3snc(OC(Cc4ccccc4OCc4ccnc(N5CCCC(F)(F)C5)n4)C(=O)O)c3c2-c2ccc(OCCN3CCN(C)CC3)c(Cl)c2C)c1. The molecule has 8 rings (SSSR count). The number of carboxylic acid groups (broad SMARTS) is 1. The zero-order valence-electron chi connectivity index (χ0n) is 35.2. The van der Waals surface area contributed by atoms with Crippen molar-refractivity contribution in [2.45, 2.75) is 44.8 Å². The van der Waals surface area contributed by atoms with E-state index in [4.69, 9.17) is 35.5 Å². The molecule has 1 unspecified atom stereocenters. The van der Waals surface area contributed by atoms with E-state index >= 15 is 0 Å². The minimum Gasteiger partial charge on any atom is -0.497 e. The molecule has 0 bridgehead atoms. The van der Waals surface area contributed by atoms with Crippen molar-refractivity contribution in [2.24, 2.45) is 0 Å². The van der Waals surface area contributed by atoms with Crippen molar-refractivity contribution >= 4 is 45.1 Å². The van der Waals surface area contributed by atoms with E-state index in [1.54, 1.807) is 43.6 Å². The second-order valence-corrected chi connectivity index (χ2v) is 16.9. The summed E-state index contributed by atoms with van der Waals surface area (Å²) in [6.07, 6.45) is 1.94. The van der Waals surface area contributed by atoms with E-state index in [1.165, 1.54) is 11.1 Å². The molecule has 13 nitrogen and oxygen atoms in total. The number of pyridine rings is 1. The number of carbonyl (C=O) groups is 1. The fourth-order valence-electron chi connectivity index (χ4n) is 7.88. The van der Waals surface area contributed by atoms with Crippen molar-refractivity contribution in [2.75, 3.05) is 71.5 Å². The first-order chi connectivity index (χ1) is 30.5. The van der Waals surface area contributed by atoms with Crippen LogP contribution in [0.4, 0.5) is 14.7 Å². The van der Waals surface area contributed by atoms with Gasteiger partial charge in [-0.25, -0.2) is 23.5 Å². The number of aliphatic carboxylic acids is 1. The highest BCUT2D eigenvalue weighted by Crippen LogP contribution is 2.46. The summed E-state index contributed by atoms with van der Waals surface area (Å²) in [7, 11) is 3.73. The number of methoxy groups -OCH3 is 1. The van der Waals surface area contributed by atoms with Gasteiger partial charge in [0, 0.05) is 75.6 Å². The number of piperidine rings is 1.